The van der Waals surface area contributed by atoms with Crippen LogP contribution in [-0.4, -0.2) is 61.4 Å². The molecule has 1 saturated heterocycles. The van der Waals surface area contributed by atoms with Crippen LogP contribution in [0.25, 0.3) is 0 Å². The van der Waals surface area contributed by atoms with E-state index < -0.39 is 6.10 Å². The number of morpholine rings is 1. The lowest BCUT2D eigenvalue weighted by Gasteiger charge is -2.28. The number of aliphatic hydroxyl groups excluding tert-OH is 1. The van der Waals surface area contributed by atoms with Gasteiger partial charge in [-0.25, -0.2) is 0 Å². The SMILES string of the molecule is CC(C)CC(=O)NCC(O)CN1CCOCC1. The van der Waals surface area contributed by atoms with E-state index in [0.29, 0.717) is 25.4 Å². The fourth-order valence-electron chi connectivity index (χ4n) is 1.82. The molecule has 0 aromatic rings. The molecule has 2 N–H and O–H groups in total. The zero-order chi connectivity index (χ0) is 12.7. The summed E-state index contributed by atoms with van der Waals surface area (Å²) in [5.74, 6) is 0.368. The van der Waals surface area contributed by atoms with E-state index in [-0.39, 0.29) is 5.91 Å². The number of hydrogen-bond acceptors (Lipinski definition) is 4. The van der Waals surface area contributed by atoms with Gasteiger partial charge in [0, 0.05) is 32.6 Å². The van der Waals surface area contributed by atoms with Gasteiger partial charge in [-0.05, 0) is 5.92 Å². The van der Waals surface area contributed by atoms with Crippen LogP contribution in [0.3, 0.4) is 0 Å². The van der Waals surface area contributed by atoms with Crippen molar-refractivity contribution < 1.29 is 14.6 Å². The van der Waals surface area contributed by atoms with Gasteiger partial charge in [-0.3, -0.25) is 9.69 Å². The predicted octanol–water partition coefficient (Wildman–Crippen LogP) is -0.158. The number of amides is 1. The van der Waals surface area contributed by atoms with Crippen molar-refractivity contribution in [2.75, 3.05) is 39.4 Å². The van der Waals surface area contributed by atoms with Crippen molar-refractivity contribution in [3.63, 3.8) is 0 Å². The highest BCUT2D eigenvalue weighted by molar-refractivity contribution is 5.76. The van der Waals surface area contributed by atoms with Gasteiger partial charge in [0.1, 0.15) is 0 Å². The van der Waals surface area contributed by atoms with Crippen molar-refractivity contribution >= 4 is 5.91 Å². The number of rotatable bonds is 6. The van der Waals surface area contributed by atoms with Crippen molar-refractivity contribution in [1.82, 2.24) is 10.2 Å². The molecule has 1 atom stereocenters. The van der Waals surface area contributed by atoms with Crippen molar-refractivity contribution in [1.29, 1.82) is 0 Å². The molecule has 0 saturated carbocycles. The maximum Gasteiger partial charge on any atom is 0.220 e. The van der Waals surface area contributed by atoms with Crippen LogP contribution in [0.5, 0.6) is 0 Å². The molecule has 1 heterocycles. The van der Waals surface area contributed by atoms with Crippen LogP contribution >= 0.6 is 0 Å². The largest absolute Gasteiger partial charge is 0.390 e. The summed E-state index contributed by atoms with van der Waals surface area (Å²) in [4.78, 5) is 13.5. The minimum absolute atomic E-state index is 0.0148. The molecule has 100 valence electrons. The first-order valence-corrected chi connectivity index (χ1v) is 6.32. The number of carbonyl (C=O) groups is 1. The Labute approximate surface area is 103 Å². The lowest BCUT2D eigenvalue weighted by molar-refractivity contribution is -0.122. The van der Waals surface area contributed by atoms with Crippen molar-refractivity contribution in [3.05, 3.63) is 0 Å². The van der Waals surface area contributed by atoms with Crippen molar-refractivity contribution in [3.8, 4) is 0 Å². The van der Waals surface area contributed by atoms with Gasteiger partial charge in [0.15, 0.2) is 0 Å². The molecule has 0 aromatic heterocycles. The Morgan fingerprint density at radius 3 is 2.65 bits per heavy atom. The predicted molar refractivity (Wildman–Crippen MR) is 65.7 cm³/mol. The van der Waals surface area contributed by atoms with Crippen LogP contribution in [-0.2, 0) is 9.53 Å². The van der Waals surface area contributed by atoms with Crippen LogP contribution in [0.2, 0.25) is 0 Å². The van der Waals surface area contributed by atoms with Crippen LogP contribution < -0.4 is 5.32 Å². The zero-order valence-corrected chi connectivity index (χ0v) is 10.8. The van der Waals surface area contributed by atoms with Crippen LogP contribution in [0.4, 0.5) is 0 Å². The summed E-state index contributed by atoms with van der Waals surface area (Å²) in [6.07, 6.45) is 0.0220. The fourth-order valence-corrected chi connectivity index (χ4v) is 1.82. The molecule has 1 fully saturated rings. The Morgan fingerprint density at radius 2 is 2.06 bits per heavy atom. The minimum atomic E-state index is -0.496. The second kappa shape index (κ2) is 7.63. The molecule has 1 aliphatic rings. The highest BCUT2D eigenvalue weighted by Crippen LogP contribution is 2.00. The Kier molecular flexibility index (Phi) is 6.47. The number of carbonyl (C=O) groups excluding carboxylic acids is 1. The average Bonchev–Trinajstić information content (AvgIpc) is 2.27. The molecule has 0 radical (unpaired) electrons. The van der Waals surface area contributed by atoms with Gasteiger partial charge < -0.3 is 15.2 Å². The second-order valence-electron chi connectivity index (χ2n) is 4.97. The maximum absolute atomic E-state index is 11.4. The summed E-state index contributed by atoms with van der Waals surface area (Å²) in [6, 6.07) is 0. The lowest BCUT2D eigenvalue weighted by Crippen LogP contribution is -2.44. The quantitative estimate of drug-likeness (QED) is 0.682. The summed E-state index contributed by atoms with van der Waals surface area (Å²) in [5.41, 5.74) is 0. The first kappa shape index (κ1) is 14.4. The smallest absolute Gasteiger partial charge is 0.220 e. The van der Waals surface area contributed by atoms with Gasteiger partial charge in [0.05, 0.1) is 19.3 Å². The number of ether oxygens (including phenoxy) is 1. The third kappa shape index (κ3) is 6.61. The number of hydrogen-bond donors (Lipinski definition) is 2. The Bertz CT molecular complexity index is 228. The molecule has 0 aromatic carbocycles. The van der Waals surface area contributed by atoms with E-state index in [1.54, 1.807) is 0 Å². The monoisotopic (exact) mass is 244 g/mol. The van der Waals surface area contributed by atoms with E-state index in [1.165, 1.54) is 0 Å². The molecular weight excluding hydrogens is 220 g/mol. The molecule has 1 rings (SSSR count). The van der Waals surface area contributed by atoms with Gasteiger partial charge >= 0.3 is 0 Å². The van der Waals surface area contributed by atoms with Crippen LogP contribution in [0.15, 0.2) is 0 Å². The van der Waals surface area contributed by atoms with Gasteiger partial charge in [0.25, 0.3) is 0 Å². The topological polar surface area (TPSA) is 61.8 Å². The number of nitrogens with zero attached hydrogens (tertiary/aromatic N) is 1. The molecule has 0 spiro atoms. The summed E-state index contributed by atoms with van der Waals surface area (Å²) >= 11 is 0. The second-order valence-corrected chi connectivity index (χ2v) is 4.97. The molecule has 5 heteroatoms. The third-order valence-electron chi connectivity index (χ3n) is 2.70. The van der Waals surface area contributed by atoms with Crippen molar-refractivity contribution in [2.24, 2.45) is 5.92 Å². The van der Waals surface area contributed by atoms with E-state index in [2.05, 4.69) is 10.2 Å². The number of β-amino-alcohol motifs (C(OH)–C–C–N with tert-alkyl or cyclic N) is 1. The number of aliphatic hydroxyl groups is 1. The normalized spacial score (nSPS) is 19.3. The van der Waals surface area contributed by atoms with E-state index in [4.69, 9.17) is 4.74 Å². The summed E-state index contributed by atoms with van der Waals surface area (Å²) in [6.45, 7) is 8.12. The average molecular weight is 244 g/mol. The molecule has 1 unspecified atom stereocenters. The van der Waals surface area contributed by atoms with Crippen LogP contribution in [0, 0.1) is 5.92 Å². The van der Waals surface area contributed by atoms with Gasteiger partial charge in [-0.2, -0.15) is 0 Å². The first-order valence-electron chi connectivity index (χ1n) is 6.32. The summed E-state index contributed by atoms with van der Waals surface area (Å²) in [5, 5.41) is 12.5. The highest BCUT2D eigenvalue weighted by atomic mass is 16.5. The molecule has 17 heavy (non-hydrogen) atoms. The van der Waals surface area contributed by atoms with Crippen LogP contribution in [0.1, 0.15) is 20.3 Å². The van der Waals surface area contributed by atoms with Crippen molar-refractivity contribution in [2.45, 2.75) is 26.4 Å². The molecule has 5 nitrogen and oxygen atoms in total. The van der Waals surface area contributed by atoms with E-state index >= 15 is 0 Å². The van der Waals surface area contributed by atoms with Gasteiger partial charge in [-0.1, -0.05) is 13.8 Å². The third-order valence-corrected chi connectivity index (χ3v) is 2.70. The minimum Gasteiger partial charge on any atom is -0.390 e. The zero-order valence-electron chi connectivity index (χ0n) is 10.8. The van der Waals surface area contributed by atoms with Gasteiger partial charge in [0.2, 0.25) is 5.91 Å². The molecule has 1 aliphatic heterocycles. The molecule has 0 aliphatic carbocycles. The highest BCUT2D eigenvalue weighted by Gasteiger charge is 2.15. The van der Waals surface area contributed by atoms with E-state index in [9.17, 15) is 9.90 Å². The van der Waals surface area contributed by atoms with E-state index in [0.717, 1.165) is 26.3 Å². The molecule has 1 amide bonds. The van der Waals surface area contributed by atoms with Gasteiger partial charge in [-0.15, -0.1) is 0 Å². The summed E-state index contributed by atoms with van der Waals surface area (Å²) in [7, 11) is 0. The summed E-state index contributed by atoms with van der Waals surface area (Å²) < 4.78 is 5.23. The number of nitrogens with one attached hydrogen (secondary N) is 1. The first-order chi connectivity index (χ1) is 8.08. The van der Waals surface area contributed by atoms with E-state index in [1.807, 2.05) is 13.8 Å². The lowest BCUT2D eigenvalue weighted by atomic mass is 10.1. The Morgan fingerprint density at radius 1 is 1.41 bits per heavy atom. The molecule has 0 bridgehead atoms. The Hall–Kier alpha value is -0.650. The fraction of sp³-hybridized carbons (Fsp3) is 0.917. The standard InChI is InChI=1S/C12H24N2O3/c1-10(2)7-12(16)13-8-11(15)9-14-3-5-17-6-4-14/h10-11,15H,3-9H2,1-2H3,(H,13,16). The Balaban J connectivity index is 2.11. The molecular formula is C12H24N2O3. The maximum atomic E-state index is 11.4.